The lowest BCUT2D eigenvalue weighted by molar-refractivity contribution is -0.151. The molecule has 2 atom stereocenters. The molecule has 2 aromatic heterocycles. The predicted octanol–water partition coefficient (Wildman–Crippen LogP) is 5.06. The molecule has 176 valence electrons. The number of ether oxygens (including phenoxy) is 1. The third-order valence-corrected chi connectivity index (χ3v) is 7.45. The van der Waals surface area contributed by atoms with Crippen molar-refractivity contribution in [3.63, 3.8) is 0 Å². The van der Waals surface area contributed by atoms with Crippen LogP contribution in [0, 0.1) is 11.8 Å². The van der Waals surface area contributed by atoms with Gasteiger partial charge in [-0.2, -0.15) is 0 Å². The number of aliphatic hydroxyl groups is 1. The van der Waals surface area contributed by atoms with Gasteiger partial charge in [0.1, 0.15) is 6.61 Å². The molecule has 3 heterocycles. The zero-order valence-corrected chi connectivity index (χ0v) is 19.5. The molecule has 0 amide bonds. The Morgan fingerprint density at radius 3 is 2.56 bits per heavy atom. The second-order valence-electron chi connectivity index (χ2n) is 9.48. The number of carbonyl (C=O) groups is 1. The third kappa shape index (κ3) is 4.55. The number of imidazole rings is 1. The Bertz CT molecular complexity index is 1150. The van der Waals surface area contributed by atoms with Crippen LogP contribution in [0.1, 0.15) is 61.9 Å². The van der Waals surface area contributed by atoms with Crippen LogP contribution in [0.4, 0.5) is 0 Å². The maximum Gasteiger partial charge on any atom is 0.309 e. The second-order valence-corrected chi connectivity index (χ2v) is 9.48. The van der Waals surface area contributed by atoms with E-state index in [0.29, 0.717) is 6.42 Å². The molecule has 1 N–H and O–H groups in total. The third-order valence-electron chi connectivity index (χ3n) is 7.45. The Labute approximate surface area is 200 Å². The van der Waals surface area contributed by atoms with Crippen LogP contribution in [0.25, 0.3) is 11.1 Å². The Balaban J connectivity index is 1.20. The molecule has 2 unspecified atom stereocenters. The van der Waals surface area contributed by atoms with E-state index in [-0.39, 0.29) is 30.5 Å². The van der Waals surface area contributed by atoms with E-state index in [9.17, 15) is 9.90 Å². The quantitative estimate of drug-likeness (QED) is 0.502. The van der Waals surface area contributed by atoms with Crippen LogP contribution >= 0.6 is 0 Å². The van der Waals surface area contributed by atoms with Crippen molar-refractivity contribution in [3.8, 4) is 0 Å². The van der Waals surface area contributed by atoms with Crippen molar-refractivity contribution >= 4 is 17.1 Å². The first kappa shape index (κ1) is 22.5. The number of nitrogens with zero attached hydrogens (tertiary/aromatic N) is 3. The first-order chi connectivity index (χ1) is 16.6. The first-order valence-electron chi connectivity index (χ1n) is 12.1. The van der Waals surface area contributed by atoms with Crippen molar-refractivity contribution in [3.05, 3.63) is 84.2 Å². The average Bonchev–Trinajstić information content (AvgIpc) is 3.46. The number of carbonyl (C=O) groups excluding carboxylic acids is 1. The molecule has 1 aliphatic heterocycles. The maximum atomic E-state index is 12.6. The number of allylic oxidation sites excluding steroid dienone is 2. The lowest BCUT2D eigenvalue weighted by atomic mass is 9.77. The van der Waals surface area contributed by atoms with Crippen LogP contribution in [-0.4, -0.2) is 31.7 Å². The van der Waals surface area contributed by atoms with Gasteiger partial charge in [-0.25, -0.2) is 4.98 Å². The highest BCUT2D eigenvalue weighted by atomic mass is 16.5. The number of fused-ring (bicyclic) bond motifs is 1. The van der Waals surface area contributed by atoms with Crippen LogP contribution in [-0.2, 0) is 16.1 Å². The van der Waals surface area contributed by atoms with Gasteiger partial charge in [0.05, 0.1) is 36.3 Å². The molecule has 0 bridgehead atoms. The molecule has 1 aromatic carbocycles. The highest BCUT2D eigenvalue weighted by Crippen LogP contribution is 2.45. The standard InChI is InChI=1S/C28H31N3O3/c1-19-25-16-30-18-31(25)24(27(19)22-5-3-2-4-6-22)15-26(32)21-7-9-23(10-8-21)28(33)34-17-20-11-13-29-14-12-20/h2-6,11-14,16,18,21,23-24,26,32H,7-10,15,17H2,1H3. The van der Waals surface area contributed by atoms with Crippen LogP contribution in [0.5, 0.6) is 0 Å². The van der Waals surface area contributed by atoms with E-state index < -0.39 is 6.10 Å². The van der Waals surface area contributed by atoms with Gasteiger partial charge in [-0.05, 0) is 79.4 Å². The number of hydrogen-bond donors (Lipinski definition) is 1. The fourth-order valence-corrected chi connectivity index (χ4v) is 5.54. The molecule has 0 saturated heterocycles. The summed E-state index contributed by atoms with van der Waals surface area (Å²) in [7, 11) is 0. The minimum Gasteiger partial charge on any atom is -0.461 e. The minimum absolute atomic E-state index is 0.0675. The van der Waals surface area contributed by atoms with Gasteiger partial charge in [0.15, 0.2) is 0 Å². The summed E-state index contributed by atoms with van der Waals surface area (Å²) in [5.74, 6) is -0.0262. The zero-order valence-electron chi connectivity index (χ0n) is 19.5. The SMILES string of the molecule is CC1=C(c2ccccc2)C(CC(O)C2CCC(C(=O)OCc3ccncc3)CC2)n2cncc21. The summed E-state index contributed by atoms with van der Waals surface area (Å²) in [5, 5.41) is 11.2. The monoisotopic (exact) mass is 457 g/mol. The Morgan fingerprint density at radius 1 is 1.09 bits per heavy atom. The molecule has 1 fully saturated rings. The fraction of sp³-hybridized carbons (Fsp3) is 0.393. The number of benzene rings is 1. The summed E-state index contributed by atoms with van der Waals surface area (Å²) in [6.07, 6.45) is 10.6. The maximum absolute atomic E-state index is 12.6. The van der Waals surface area contributed by atoms with Gasteiger partial charge < -0.3 is 14.4 Å². The highest BCUT2D eigenvalue weighted by Gasteiger charge is 2.36. The van der Waals surface area contributed by atoms with Gasteiger partial charge in [-0.15, -0.1) is 0 Å². The van der Waals surface area contributed by atoms with E-state index in [4.69, 9.17) is 4.74 Å². The summed E-state index contributed by atoms with van der Waals surface area (Å²) in [5.41, 5.74) is 5.76. The van der Waals surface area contributed by atoms with Crippen LogP contribution < -0.4 is 0 Å². The minimum atomic E-state index is -0.432. The summed E-state index contributed by atoms with van der Waals surface area (Å²) >= 11 is 0. The number of aromatic nitrogens is 3. The van der Waals surface area contributed by atoms with Crippen LogP contribution in [0.3, 0.4) is 0 Å². The molecule has 0 radical (unpaired) electrons. The summed E-state index contributed by atoms with van der Waals surface area (Å²) in [6, 6.07) is 14.2. The topological polar surface area (TPSA) is 77.2 Å². The van der Waals surface area contributed by atoms with Crippen LogP contribution in [0.2, 0.25) is 0 Å². The normalized spacial score (nSPS) is 22.9. The van der Waals surface area contributed by atoms with Crippen molar-refractivity contribution in [2.45, 2.75) is 57.8 Å². The number of rotatable bonds is 7. The molecule has 5 rings (SSSR count). The number of pyridine rings is 1. The van der Waals surface area contributed by atoms with Gasteiger partial charge in [0, 0.05) is 12.4 Å². The summed E-state index contributed by atoms with van der Waals surface area (Å²) < 4.78 is 7.73. The Morgan fingerprint density at radius 2 is 1.82 bits per heavy atom. The van der Waals surface area contributed by atoms with Crippen molar-refractivity contribution in [2.24, 2.45) is 11.8 Å². The Hall–Kier alpha value is -3.25. The lowest BCUT2D eigenvalue weighted by Gasteiger charge is -2.32. The fourth-order valence-electron chi connectivity index (χ4n) is 5.54. The van der Waals surface area contributed by atoms with Gasteiger partial charge in [0.2, 0.25) is 0 Å². The van der Waals surface area contributed by atoms with Crippen molar-refractivity contribution in [1.82, 2.24) is 14.5 Å². The first-order valence-corrected chi connectivity index (χ1v) is 12.1. The molecule has 0 spiro atoms. The van der Waals surface area contributed by atoms with E-state index in [0.717, 1.165) is 36.9 Å². The molecule has 2 aliphatic rings. The molecular formula is C28H31N3O3. The molecule has 1 aliphatic carbocycles. The Kier molecular flexibility index (Phi) is 6.59. The lowest BCUT2D eigenvalue weighted by Crippen LogP contribution is -2.31. The van der Waals surface area contributed by atoms with E-state index >= 15 is 0 Å². The summed E-state index contributed by atoms with van der Waals surface area (Å²) in [6.45, 7) is 2.43. The van der Waals surface area contributed by atoms with Crippen molar-refractivity contribution in [2.75, 3.05) is 0 Å². The van der Waals surface area contributed by atoms with Gasteiger partial charge >= 0.3 is 5.97 Å². The molecule has 1 saturated carbocycles. The van der Waals surface area contributed by atoms with E-state index in [2.05, 4.69) is 45.7 Å². The molecule has 6 heteroatoms. The molecule has 6 nitrogen and oxygen atoms in total. The highest BCUT2D eigenvalue weighted by molar-refractivity contribution is 5.93. The van der Waals surface area contributed by atoms with Gasteiger partial charge in [0.25, 0.3) is 0 Å². The van der Waals surface area contributed by atoms with E-state index in [1.54, 1.807) is 12.4 Å². The smallest absolute Gasteiger partial charge is 0.309 e. The largest absolute Gasteiger partial charge is 0.461 e. The van der Waals surface area contributed by atoms with Gasteiger partial charge in [-0.3, -0.25) is 9.78 Å². The number of esters is 1. The second kappa shape index (κ2) is 9.94. The van der Waals surface area contributed by atoms with E-state index in [1.807, 2.05) is 30.7 Å². The van der Waals surface area contributed by atoms with Crippen molar-refractivity contribution in [1.29, 1.82) is 0 Å². The zero-order chi connectivity index (χ0) is 23.5. The molecule has 34 heavy (non-hydrogen) atoms. The van der Waals surface area contributed by atoms with Crippen LogP contribution in [0.15, 0.2) is 67.4 Å². The number of hydrogen-bond acceptors (Lipinski definition) is 5. The van der Waals surface area contributed by atoms with Crippen molar-refractivity contribution < 1.29 is 14.6 Å². The van der Waals surface area contributed by atoms with Gasteiger partial charge in [-0.1, -0.05) is 30.3 Å². The predicted molar refractivity (Wildman–Crippen MR) is 130 cm³/mol. The average molecular weight is 458 g/mol. The van der Waals surface area contributed by atoms with E-state index in [1.165, 1.54) is 16.7 Å². The molecule has 3 aromatic rings. The molecular weight excluding hydrogens is 426 g/mol. The summed E-state index contributed by atoms with van der Waals surface area (Å²) in [4.78, 5) is 20.9. The number of aliphatic hydroxyl groups excluding tert-OH is 1.